The Balaban J connectivity index is 1.53. The smallest absolute Gasteiger partial charge is 0.254 e. The molecule has 7 N–H and O–H groups in total. The van der Waals surface area contributed by atoms with E-state index in [-0.39, 0.29) is 24.1 Å². The quantitative estimate of drug-likeness (QED) is 0.302. The van der Waals surface area contributed by atoms with Gasteiger partial charge in [-0.25, -0.2) is 8.78 Å². The highest BCUT2D eigenvalue weighted by Crippen LogP contribution is 2.14. The van der Waals surface area contributed by atoms with E-state index in [1.54, 1.807) is 18.2 Å². The van der Waals surface area contributed by atoms with Crippen LogP contribution in [0.15, 0.2) is 72.8 Å². The van der Waals surface area contributed by atoms with Crippen LogP contribution in [0.1, 0.15) is 21.5 Å². The van der Waals surface area contributed by atoms with Crippen molar-refractivity contribution >= 4 is 17.5 Å². The summed E-state index contributed by atoms with van der Waals surface area (Å²) in [6.07, 6.45) is -1.09. The molecule has 3 unspecified atom stereocenters. The molecule has 3 aromatic carbocycles. The number of carbonyl (C=O) groups excluding carboxylic acids is 2. The molecule has 0 saturated carbocycles. The second kappa shape index (κ2) is 12.2. The van der Waals surface area contributed by atoms with Crippen molar-refractivity contribution in [2.24, 2.45) is 11.5 Å². The number of hydrogen-bond donors (Lipinski definition) is 5. The summed E-state index contributed by atoms with van der Waals surface area (Å²) < 4.78 is 27.1. The molecule has 0 aliphatic rings. The van der Waals surface area contributed by atoms with Gasteiger partial charge in [-0.2, -0.15) is 0 Å². The fourth-order valence-corrected chi connectivity index (χ4v) is 3.53. The molecule has 3 rings (SSSR count). The highest BCUT2D eigenvalue weighted by atomic mass is 19.1. The minimum Gasteiger partial charge on any atom is -0.382 e. The number of nitrogens with one attached hydrogen (secondary N) is 2. The SMILES string of the molecule is NC(CNC(=O)c1cccc(NC(=O)C(O)C(N)Cc2ccccc2)c1)Cc1cc(F)ccc1F. The molecule has 3 atom stereocenters. The van der Waals surface area contributed by atoms with Gasteiger partial charge in [0.2, 0.25) is 0 Å². The lowest BCUT2D eigenvalue weighted by Crippen LogP contribution is -2.44. The largest absolute Gasteiger partial charge is 0.382 e. The van der Waals surface area contributed by atoms with Crippen LogP contribution in [0.3, 0.4) is 0 Å². The first-order chi connectivity index (χ1) is 16.7. The predicted octanol–water partition coefficient (Wildman–Crippen LogP) is 2.13. The van der Waals surface area contributed by atoms with Crippen molar-refractivity contribution in [3.63, 3.8) is 0 Å². The minimum atomic E-state index is -1.45. The van der Waals surface area contributed by atoms with Crippen LogP contribution in [0, 0.1) is 11.6 Å². The number of benzene rings is 3. The van der Waals surface area contributed by atoms with E-state index in [0.29, 0.717) is 12.1 Å². The third-order valence-corrected chi connectivity index (χ3v) is 5.40. The molecule has 2 amide bonds. The Hall–Kier alpha value is -3.66. The minimum absolute atomic E-state index is 0.0262. The number of aliphatic hydroxyl groups excluding tert-OH is 1. The van der Waals surface area contributed by atoms with E-state index in [1.807, 2.05) is 30.3 Å². The van der Waals surface area contributed by atoms with Gasteiger partial charge in [-0.05, 0) is 60.4 Å². The lowest BCUT2D eigenvalue weighted by molar-refractivity contribution is -0.124. The Bertz CT molecular complexity index is 1160. The molecule has 0 bridgehead atoms. The zero-order valence-electron chi connectivity index (χ0n) is 19.0. The predicted molar refractivity (Wildman–Crippen MR) is 130 cm³/mol. The van der Waals surface area contributed by atoms with Gasteiger partial charge < -0.3 is 27.2 Å². The Morgan fingerprint density at radius 1 is 0.914 bits per heavy atom. The van der Waals surface area contributed by atoms with Gasteiger partial charge in [0.05, 0.1) is 0 Å². The topological polar surface area (TPSA) is 130 Å². The van der Waals surface area contributed by atoms with Crippen LogP contribution in [0.2, 0.25) is 0 Å². The maximum atomic E-state index is 13.8. The molecule has 0 heterocycles. The van der Waals surface area contributed by atoms with Gasteiger partial charge in [0, 0.05) is 29.9 Å². The summed E-state index contributed by atoms with van der Waals surface area (Å²) in [5.41, 5.74) is 13.5. The van der Waals surface area contributed by atoms with Crippen LogP contribution in [-0.4, -0.2) is 41.7 Å². The molecular weight excluding hydrogens is 454 g/mol. The van der Waals surface area contributed by atoms with Crippen molar-refractivity contribution in [2.45, 2.75) is 31.0 Å². The van der Waals surface area contributed by atoms with Crippen molar-refractivity contribution in [1.29, 1.82) is 0 Å². The Morgan fingerprint density at radius 3 is 2.40 bits per heavy atom. The van der Waals surface area contributed by atoms with Crippen molar-refractivity contribution in [1.82, 2.24) is 5.32 Å². The number of anilines is 1. The first-order valence-corrected chi connectivity index (χ1v) is 11.1. The normalized spacial score (nSPS) is 13.5. The van der Waals surface area contributed by atoms with E-state index in [2.05, 4.69) is 10.6 Å². The second-order valence-corrected chi connectivity index (χ2v) is 8.28. The standard InChI is InChI=1S/C26H28F2N4O3/c27-19-9-10-22(28)18(12-19)13-20(29)15-31-25(34)17-7-4-8-21(14-17)32-26(35)24(33)23(30)11-16-5-2-1-3-6-16/h1-10,12,14,20,23-24,33H,11,13,15,29-30H2,(H,31,34)(H,32,35). The molecule has 0 aliphatic carbocycles. The summed E-state index contributed by atoms with van der Waals surface area (Å²) in [5.74, 6) is -2.28. The van der Waals surface area contributed by atoms with Gasteiger partial charge in [0.25, 0.3) is 11.8 Å². The Labute approximate surface area is 202 Å². The van der Waals surface area contributed by atoms with Crippen LogP contribution in [0.25, 0.3) is 0 Å². The molecule has 35 heavy (non-hydrogen) atoms. The number of amides is 2. The zero-order valence-corrected chi connectivity index (χ0v) is 19.0. The number of aliphatic hydroxyl groups is 1. The fourth-order valence-electron chi connectivity index (χ4n) is 3.53. The summed E-state index contributed by atoms with van der Waals surface area (Å²) in [4.78, 5) is 25.0. The zero-order chi connectivity index (χ0) is 25.4. The van der Waals surface area contributed by atoms with Crippen LogP contribution >= 0.6 is 0 Å². The summed E-state index contributed by atoms with van der Waals surface area (Å²) in [6.45, 7) is 0.0262. The summed E-state index contributed by atoms with van der Waals surface area (Å²) in [7, 11) is 0. The van der Waals surface area contributed by atoms with Crippen LogP contribution < -0.4 is 22.1 Å². The molecule has 184 valence electrons. The van der Waals surface area contributed by atoms with Gasteiger partial charge in [-0.15, -0.1) is 0 Å². The van der Waals surface area contributed by atoms with E-state index in [1.165, 1.54) is 6.07 Å². The molecule has 3 aromatic rings. The average molecular weight is 483 g/mol. The van der Waals surface area contributed by atoms with Gasteiger partial charge in [0.1, 0.15) is 17.7 Å². The van der Waals surface area contributed by atoms with E-state index in [9.17, 15) is 23.5 Å². The first-order valence-electron chi connectivity index (χ1n) is 11.1. The summed E-state index contributed by atoms with van der Waals surface area (Å²) >= 11 is 0. The van der Waals surface area contributed by atoms with Crippen molar-refractivity contribution in [3.8, 4) is 0 Å². The van der Waals surface area contributed by atoms with E-state index in [4.69, 9.17) is 11.5 Å². The lowest BCUT2D eigenvalue weighted by atomic mass is 10.0. The van der Waals surface area contributed by atoms with Crippen LogP contribution in [-0.2, 0) is 17.6 Å². The number of halogens is 2. The Kier molecular flexibility index (Phi) is 9.02. The molecular formula is C26H28F2N4O3. The van der Waals surface area contributed by atoms with Crippen molar-refractivity contribution in [3.05, 3.63) is 101 Å². The molecule has 0 aliphatic heterocycles. The maximum Gasteiger partial charge on any atom is 0.254 e. The molecule has 7 nitrogen and oxygen atoms in total. The maximum absolute atomic E-state index is 13.8. The van der Waals surface area contributed by atoms with Gasteiger partial charge in [-0.3, -0.25) is 9.59 Å². The summed E-state index contributed by atoms with van der Waals surface area (Å²) in [6, 6.07) is 17.1. The molecule has 9 heteroatoms. The van der Waals surface area contributed by atoms with Crippen molar-refractivity contribution in [2.75, 3.05) is 11.9 Å². The second-order valence-electron chi connectivity index (χ2n) is 8.28. The average Bonchev–Trinajstić information content (AvgIpc) is 2.85. The van der Waals surface area contributed by atoms with Crippen molar-refractivity contribution < 1.29 is 23.5 Å². The number of carbonyl (C=O) groups is 2. The van der Waals surface area contributed by atoms with Crippen LogP contribution in [0.5, 0.6) is 0 Å². The number of hydrogen-bond acceptors (Lipinski definition) is 5. The first kappa shape index (κ1) is 26.0. The Morgan fingerprint density at radius 2 is 1.66 bits per heavy atom. The number of nitrogens with two attached hydrogens (primary N) is 2. The molecule has 0 radical (unpaired) electrons. The highest BCUT2D eigenvalue weighted by molar-refractivity contribution is 5.98. The summed E-state index contributed by atoms with van der Waals surface area (Å²) in [5, 5.41) is 15.5. The van der Waals surface area contributed by atoms with Gasteiger partial charge >= 0.3 is 0 Å². The molecule has 0 aromatic heterocycles. The third kappa shape index (κ3) is 7.68. The highest BCUT2D eigenvalue weighted by Gasteiger charge is 2.23. The monoisotopic (exact) mass is 482 g/mol. The molecule has 0 spiro atoms. The van der Waals surface area contributed by atoms with Gasteiger partial charge in [-0.1, -0.05) is 36.4 Å². The van der Waals surface area contributed by atoms with Crippen LogP contribution in [0.4, 0.5) is 14.5 Å². The molecule has 0 fully saturated rings. The lowest BCUT2D eigenvalue weighted by Gasteiger charge is -2.19. The van der Waals surface area contributed by atoms with E-state index >= 15 is 0 Å². The number of rotatable bonds is 10. The molecule has 0 saturated heterocycles. The van der Waals surface area contributed by atoms with E-state index in [0.717, 1.165) is 23.8 Å². The third-order valence-electron chi connectivity index (χ3n) is 5.40. The van der Waals surface area contributed by atoms with E-state index < -0.39 is 41.6 Å². The fraction of sp³-hybridized carbons (Fsp3) is 0.231. The van der Waals surface area contributed by atoms with Gasteiger partial charge in [0.15, 0.2) is 0 Å².